The Kier molecular flexibility index (Phi) is 6.71. The van der Waals surface area contributed by atoms with Crippen molar-refractivity contribution in [2.45, 2.75) is 39.7 Å². The normalized spacial score (nSPS) is 15.2. The first-order valence-corrected chi connectivity index (χ1v) is 10.6. The Balaban J connectivity index is 1.86. The number of hydrogen-bond donors (Lipinski definition) is 1. The summed E-state index contributed by atoms with van der Waals surface area (Å²) in [4.78, 5) is 50.1. The number of methoxy groups -OCH3 is 1. The summed E-state index contributed by atoms with van der Waals surface area (Å²) < 4.78 is 11.0. The monoisotopic (exact) mass is 432 g/mol. The first-order chi connectivity index (χ1) is 14.3. The summed E-state index contributed by atoms with van der Waals surface area (Å²) in [7, 11) is 1.24. The first-order valence-electron chi connectivity index (χ1n) is 9.74. The van der Waals surface area contributed by atoms with Gasteiger partial charge in [0.2, 0.25) is 5.91 Å². The molecule has 0 saturated carbocycles. The van der Waals surface area contributed by atoms with Crippen LogP contribution in [-0.4, -0.2) is 36.1 Å². The van der Waals surface area contributed by atoms with E-state index in [1.807, 2.05) is 0 Å². The maximum absolute atomic E-state index is 12.7. The lowest BCUT2D eigenvalue weighted by Crippen LogP contribution is -2.28. The molecular formula is C21H24N2O6S. The van der Waals surface area contributed by atoms with Gasteiger partial charge < -0.3 is 19.4 Å². The van der Waals surface area contributed by atoms with Crippen LogP contribution in [0.15, 0.2) is 23.1 Å². The van der Waals surface area contributed by atoms with Gasteiger partial charge in [0.05, 0.1) is 24.8 Å². The number of rotatable bonds is 6. The SMILES string of the molecule is CCOC(=O)c1c(NC(=O)Cn2cc(C(=O)OC)ccc2=O)sc2c1CC[C@H](C)C2. The van der Waals surface area contributed by atoms with Crippen molar-refractivity contribution in [3.8, 4) is 0 Å². The molecule has 0 saturated heterocycles. The average molecular weight is 432 g/mol. The summed E-state index contributed by atoms with van der Waals surface area (Å²) in [6, 6.07) is 2.55. The van der Waals surface area contributed by atoms with Gasteiger partial charge in [0.25, 0.3) is 5.56 Å². The first kappa shape index (κ1) is 21.8. The van der Waals surface area contributed by atoms with Gasteiger partial charge in [0.1, 0.15) is 11.5 Å². The summed E-state index contributed by atoms with van der Waals surface area (Å²) in [6.45, 7) is 3.83. The number of anilines is 1. The molecule has 9 heteroatoms. The maximum atomic E-state index is 12.7. The van der Waals surface area contributed by atoms with Crippen molar-refractivity contribution in [1.29, 1.82) is 0 Å². The van der Waals surface area contributed by atoms with E-state index in [2.05, 4.69) is 17.0 Å². The minimum atomic E-state index is -0.603. The molecule has 0 spiro atoms. The van der Waals surface area contributed by atoms with E-state index in [1.54, 1.807) is 6.92 Å². The van der Waals surface area contributed by atoms with Gasteiger partial charge in [0, 0.05) is 17.1 Å². The zero-order valence-electron chi connectivity index (χ0n) is 17.1. The molecule has 3 rings (SSSR count). The van der Waals surface area contributed by atoms with Gasteiger partial charge in [-0.2, -0.15) is 0 Å². The molecule has 2 aromatic heterocycles. The standard InChI is InChI=1S/C21H24N2O6S/c1-4-29-21(27)18-14-7-5-12(2)9-15(14)30-19(18)22-16(24)11-23-10-13(20(26)28-3)6-8-17(23)25/h6,8,10,12H,4-5,7,9,11H2,1-3H3,(H,22,24)/t12-/m0/s1. The van der Waals surface area contributed by atoms with E-state index in [0.717, 1.165) is 34.3 Å². The Morgan fingerprint density at radius 3 is 2.73 bits per heavy atom. The third kappa shape index (κ3) is 4.62. The number of thiophene rings is 1. The summed E-state index contributed by atoms with van der Waals surface area (Å²) in [5.74, 6) is -1.02. The predicted octanol–water partition coefficient (Wildman–Crippen LogP) is 2.64. The van der Waals surface area contributed by atoms with E-state index in [-0.39, 0.29) is 18.7 Å². The van der Waals surface area contributed by atoms with Crippen molar-refractivity contribution < 1.29 is 23.9 Å². The van der Waals surface area contributed by atoms with Gasteiger partial charge in [-0.1, -0.05) is 6.92 Å². The van der Waals surface area contributed by atoms with Gasteiger partial charge in [-0.05, 0) is 43.7 Å². The summed E-state index contributed by atoms with van der Waals surface area (Å²) in [6.07, 6.45) is 3.86. The van der Waals surface area contributed by atoms with Gasteiger partial charge in [-0.3, -0.25) is 9.59 Å². The van der Waals surface area contributed by atoms with Crippen LogP contribution < -0.4 is 10.9 Å². The third-order valence-electron chi connectivity index (χ3n) is 4.96. The second-order valence-corrected chi connectivity index (χ2v) is 8.31. The van der Waals surface area contributed by atoms with Crippen molar-refractivity contribution in [1.82, 2.24) is 4.57 Å². The minimum absolute atomic E-state index is 0.165. The molecule has 0 aliphatic heterocycles. The summed E-state index contributed by atoms with van der Waals surface area (Å²) in [5, 5.41) is 3.20. The Morgan fingerprint density at radius 1 is 1.27 bits per heavy atom. The number of esters is 2. The molecule has 30 heavy (non-hydrogen) atoms. The fourth-order valence-corrected chi connectivity index (χ4v) is 4.89. The molecule has 2 heterocycles. The Labute approximate surface area is 177 Å². The van der Waals surface area contributed by atoms with Crippen LogP contribution in [-0.2, 0) is 33.7 Å². The number of carbonyl (C=O) groups is 3. The number of aromatic nitrogens is 1. The number of amides is 1. The van der Waals surface area contributed by atoms with Crippen LogP contribution in [0, 0.1) is 5.92 Å². The molecule has 1 aliphatic rings. The lowest BCUT2D eigenvalue weighted by atomic mass is 9.88. The number of nitrogens with one attached hydrogen (secondary N) is 1. The molecule has 2 aromatic rings. The van der Waals surface area contributed by atoms with Gasteiger partial charge in [-0.15, -0.1) is 11.3 Å². The molecule has 0 bridgehead atoms. The predicted molar refractivity (Wildman–Crippen MR) is 112 cm³/mol. The fraction of sp³-hybridized carbons (Fsp3) is 0.429. The van der Waals surface area contributed by atoms with Gasteiger partial charge in [-0.25, -0.2) is 9.59 Å². The number of pyridine rings is 1. The van der Waals surface area contributed by atoms with Crippen LogP contribution in [0.1, 0.15) is 51.4 Å². The zero-order valence-corrected chi connectivity index (χ0v) is 18.0. The molecule has 0 aromatic carbocycles. The van der Waals surface area contributed by atoms with Crippen molar-refractivity contribution in [2.75, 3.05) is 19.0 Å². The van der Waals surface area contributed by atoms with E-state index in [4.69, 9.17) is 4.74 Å². The molecule has 0 radical (unpaired) electrons. The second-order valence-electron chi connectivity index (χ2n) is 7.20. The number of ether oxygens (including phenoxy) is 2. The molecule has 1 aliphatic carbocycles. The quantitative estimate of drug-likeness (QED) is 0.704. The molecule has 160 valence electrons. The topological polar surface area (TPSA) is 104 Å². The van der Waals surface area contributed by atoms with Gasteiger partial charge in [0.15, 0.2) is 0 Å². The van der Waals surface area contributed by atoms with Gasteiger partial charge >= 0.3 is 11.9 Å². The molecule has 0 unspecified atom stereocenters. The zero-order chi connectivity index (χ0) is 21.8. The smallest absolute Gasteiger partial charge is 0.341 e. The number of nitrogens with zero attached hydrogens (tertiary/aromatic N) is 1. The van der Waals surface area contributed by atoms with E-state index in [9.17, 15) is 19.2 Å². The lowest BCUT2D eigenvalue weighted by molar-refractivity contribution is -0.116. The highest BCUT2D eigenvalue weighted by Gasteiger charge is 2.29. The highest BCUT2D eigenvalue weighted by Crippen LogP contribution is 2.40. The Hall–Kier alpha value is -2.94. The average Bonchev–Trinajstić information content (AvgIpc) is 3.05. The number of hydrogen-bond acceptors (Lipinski definition) is 7. The molecular weight excluding hydrogens is 408 g/mol. The number of fused-ring (bicyclic) bond motifs is 1. The fourth-order valence-electron chi connectivity index (χ4n) is 3.47. The Bertz CT molecular complexity index is 1040. The van der Waals surface area contributed by atoms with Crippen LogP contribution in [0.25, 0.3) is 0 Å². The van der Waals surface area contributed by atoms with E-state index < -0.39 is 23.4 Å². The summed E-state index contributed by atoms with van der Waals surface area (Å²) >= 11 is 1.38. The molecule has 0 fully saturated rings. The van der Waals surface area contributed by atoms with Crippen LogP contribution in [0.4, 0.5) is 5.00 Å². The van der Waals surface area contributed by atoms with Crippen LogP contribution >= 0.6 is 11.3 Å². The van der Waals surface area contributed by atoms with E-state index in [0.29, 0.717) is 16.5 Å². The molecule has 1 amide bonds. The van der Waals surface area contributed by atoms with Crippen LogP contribution in [0.2, 0.25) is 0 Å². The van der Waals surface area contributed by atoms with Crippen LogP contribution in [0.3, 0.4) is 0 Å². The third-order valence-corrected chi connectivity index (χ3v) is 6.13. The van der Waals surface area contributed by atoms with E-state index in [1.165, 1.54) is 36.8 Å². The van der Waals surface area contributed by atoms with Crippen molar-refractivity contribution in [2.24, 2.45) is 5.92 Å². The maximum Gasteiger partial charge on any atom is 0.341 e. The molecule has 1 atom stereocenters. The summed E-state index contributed by atoms with van der Waals surface area (Å²) in [5.41, 5.74) is 1.09. The lowest BCUT2D eigenvalue weighted by Gasteiger charge is -2.18. The Morgan fingerprint density at radius 2 is 2.03 bits per heavy atom. The van der Waals surface area contributed by atoms with Crippen molar-refractivity contribution in [3.63, 3.8) is 0 Å². The molecule has 1 N–H and O–H groups in total. The van der Waals surface area contributed by atoms with Crippen LogP contribution in [0.5, 0.6) is 0 Å². The number of carbonyl (C=O) groups excluding carboxylic acids is 3. The van der Waals surface area contributed by atoms with Crippen molar-refractivity contribution in [3.05, 3.63) is 50.3 Å². The molecule has 8 nitrogen and oxygen atoms in total. The highest BCUT2D eigenvalue weighted by molar-refractivity contribution is 7.17. The largest absolute Gasteiger partial charge is 0.465 e. The minimum Gasteiger partial charge on any atom is -0.465 e. The van der Waals surface area contributed by atoms with Crippen molar-refractivity contribution >= 4 is 34.2 Å². The second kappa shape index (κ2) is 9.25. The highest BCUT2D eigenvalue weighted by atomic mass is 32.1. The van der Waals surface area contributed by atoms with E-state index >= 15 is 0 Å².